The van der Waals surface area contributed by atoms with E-state index in [1.54, 1.807) is 0 Å². The van der Waals surface area contributed by atoms with Gasteiger partial charge in [-0.25, -0.2) is 0 Å². The monoisotopic (exact) mass is 643 g/mol. The molecule has 0 bridgehead atoms. The van der Waals surface area contributed by atoms with E-state index in [4.69, 9.17) is 4.42 Å². The van der Waals surface area contributed by atoms with Crippen LogP contribution in [-0.4, -0.2) is 0 Å². The smallest absolute Gasteiger partial charge is 0.137 e. The molecule has 0 radical (unpaired) electrons. The zero-order chi connectivity index (χ0) is 32.3. The highest BCUT2D eigenvalue weighted by atomic mass is 32.1. The number of fused-ring (bicyclic) bond motifs is 8. The molecule has 0 N–H and O–H groups in total. The molecule has 0 aliphatic heterocycles. The molecular weight excluding hydrogens is 615 g/mol. The molecule has 0 spiro atoms. The minimum absolute atomic E-state index is 0.879. The molecule has 230 valence electrons. The van der Waals surface area contributed by atoms with Crippen LogP contribution >= 0.6 is 11.3 Å². The lowest BCUT2D eigenvalue weighted by Crippen LogP contribution is -2.10. The van der Waals surface area contributed by atoms with E-state index < -0.39 is 0 Å². The van der Waals surface area contributed by atoms with Gasteiger partial charge in [-0.15, -0.1) is 11.3 Å². The van der Waals surface area contributed by atoms with Crippen molar-refractivity contribution in [2.24, 2.45) is 0 Å². The average Bonchev–Trinajstić information content (AvgIpc) is 3.75. The summed E-state index contributed by atoms with van der Waals surface area (Å²) in [6.07, 6.45) is 0. The van der Waals surface area contributed by atoms with Gasteiger partial charge in [-0.2, -0.15) is 0 Å². The largest absolute Gasteiger partial charge is 0.456 e. The fourth-order valence-corrected chi connectivity index (χ4v) is 8.45. The van der Waals surface area contributed by atoms with Gasteiger partial charge >= 0.3 is 0 Å². The molecule has 0 aliphatic carbocycles. The molecule has 0 saturated heterocycles. The van der Waals surface area contributed by atoms with Crippen molar-refractivity contribution in [1.82, 2.24) is 0 Å². The molecule has 0 saturated carbocycles. The van der Waals surface area contributed by atoms with Crippen LogP contribution in [-0.2, 0) is 0 Å². The van der Waals surface area contributed by atoms with Crippen molar-refractivity contribution in [1.29, 1.82) is 0 Å². The van der Waals surface area contributed by atoms with E-state index in [2.05, 4.69) is 169 Å². The third-order valence-electron chi connectivity index (χ3n) is 9.67. The van der Waals surface area contributed by atoms with Gasteiger partial charge in [-0.1, -0.05) is 115 Å². The summed E-state index contributed by atoms with van der Waals surface area (Å²) in [6, 6.07) is 63.2. The number of hydrogen-bond acceptors (Lipinski definition) is 3. The zero-order valence-corrected chi connectivity index (χ0v) is 27.3. The first-order valence-corrected chi connectivity index (χ1v) is 17.4. The van der Waals surface area contributed by atoms with Crippen molar-refractivity contribution in [2.45, 2.75) is 0 Å². The molecule has 2 aromatic heterocycles. The third kappa shape index (κ3) is 4.62. The van der Waals surface area contributed by atoms with E-state index >= 15 is 0 Å². The first-order chi connectivity index (χ1) is 24.3. The lowest BCUT2D eigenvalue weighted by molar-refractivity contribution is 0.669. The summed E-state index contributed by atoms with van der Waals surface area (Å²) >= 11 is 1.87. The molecular formula is C46H29NOS. The van der Waals surface area contributed by atoms with Crippen LogP contribution in [0, 0.1) is 0 Å². The summed E-state index contributed by atoms with van der Waals surface area (Å²) in [7, 11) is 0. The van der Waals surface area contributed by atoms with Crippen LogP contribution in [0.15, 0.2) is 180 Å². The van der Waals surface area contributed by atoms with Crippen molar-refractivity contribution in [3.63, 3.8) is 0 Å². The zero-order valence-electron chi connectivity index (χ0n) is 26.5. The van der Waals surface area contributed by atoms with Crippen LogP contribution in [0.2, 0.25) is 0 Å². The highest BCUT2D eigenvalue weighted by molar-refractivity contribution is 7.26. The van der Waals surface area contributed by atoms with Crippen LogP contribution in [0.1, 0.15) is 0 Å². The summed E-state index contributed by atoms with van der Waals surface area (Å²) in [6.45, 7) is 0. The molecule has 0 unspecified atom stereocenters. The van der Waals surface area contributed by atoms with E-state index in [1.807, 2.05) is 23.5 Å². The lowest BCUT2D eigenvalue weighted by atomic mass is 9.98. The maximum atomic E-state index is 6.33. The van der Waals surface area contributed by atoms with Crippen LogP contribution in [0.25, 0.3) is 75.1 Å². The van der Waals surface area contributed by atoms with Gasteiger partial charge in [0.05, 0.1) is 11.1 Å². The molecule has 0 atom stereocenters. The molecule has 0 fully saturated rings. The number of thiophene rings is 1. The Labute approximate surface area is 287 Å². The second kappa shape index (κ2) is 11.2. The number of anilines is 3. The van der Waals surface area contributed by atoms with E-state index in [1.165, 1.54) is 53.2 Å². The summed E-state index contributed by atoms with van der Waals surface area (Å²) in [4.78, 5) is 2.35. The van der Waals surface area contributed by atoms with Crippen molar-refractivity contribution >= 4 is 81.3 Å². The molecule has 2 heterocycles. The van der Waals surface area contributed by atoms with Gasteiger partial charge in [0.15, 0.2) is 0 Å². The predicted molar refractivity (Wildman–Crippen MR) is 210 cm³/mol. The standard InChI is InChI=1S/C46H29NOS/c1-2-9-30(10-3-1)31-19-24-35(25-20-31)47(40-13-8-15-42-46(40)37-11-4-6-14-41(37)48-42)36-26-21-32(22-27-36)34-18-17-33-23-28-44-45(39(33)29-34)38-12-5-7-16-43(38)49-44/h1-29H. The number of furan rings is 1. The average molecular weight is 644 g/mol. The molecule has 0 aliphatic rings. The Morgan fingerprint density at radius 1 is 0.388 bits per heavy atom. The van der Waals surface area contributed by atoms with Gasteiger partial charge in [0.2, 0.25) is 0 Å². The fourth-order valence-electron chi connectivity index (χ4n) is 7.33. The summed E-state index contributed by atoms with van der Waals surface area (Å²) < 4.78 is 8.99. The Morgan fingerprint density at radius 3 is 1.80 bits per heavy atom. The molecule has 10 aromatic rings. The maximum absolute atomic E-state index is 6.33. The predicted octanol–water partition coefficient (Wildman–Crippen LogP) is 13.9. The van der Waals surface area contributed by atoms with Crippen LogP contribution in [0.5, 0.6) is 0 Å². The summed E-state index contributed by atoms with van der Waals surface area (Å²) in [5.41, 5.74) is 9.82. The number of hydrogen-bond donors (Lipinski definition) is 0. The number of rotatable bonds is 5. The molecule has 2 nitrogen and oxygen atoms in total. The quantitative estimate of drug-likeness (QED) is 0.186. The summed E-state index contributed by atoms with van der Waals surface area (Å²) in [5.74, 6) is 0. The van der Waals surface area contributed by atoms with Gasteiger partial charge in [0.25, 0.3) is 0 Å². The Kier molecular flexibility index (Phi) is 6.39. The topological polar surface area (TPSA) is 16.4 Å². The van der Waals surface area contributed by atoms with Gasteiger partial charge in [0, 0.05) is 36.9 Å². The summed E-state index contributed by atoms with van der Waals surface area (Å²) in [5, 5.41) is 7.46. The van der Waals surface area contributed by atoms with Crippen LogP contribution < -0.4 is 4.90 Å². The number of benzene rings is 8. The van der Waals surface area contributed by atoms with Crippen molar-refractivity contribution in [3.8, 4) is 22.3 Å². The molecule has 8 aromatic carbocycles. The molecule has 0 amide bonds. The van der Waals surface area contributed by atoms with E-state index in [9.17, 15) is 0 Å². The maximum Gasteiger partial charge on any atom is 0.137 e. The van der Waals surface area contributed by atoms with E-state index in [-0.39, 0.29) is 0 Å². The van der Waals surface area contributed by atoms with Gasteiger partial charge in [-0.3, -0.25) is 0 Å². The number of para-hydroxylation sites is 1. The Morgan fingerprint density at radius 2 is 1.00 bits per heavy atom. The third-order valence-corrected chi connectivity index (χ3v) is 10.8. The van der Waals surface area contributed by atoms with Gasteiger partial charge < -0.3 is 9.32 Å². The van der Waals surface area contributed by atoms with Crippen molar-refractivity contribution < 1.29 is 4.42 Å². The van der Waals surface area contributed by atoms with E-state index in [0.29, 0.717) is 0 Å². The normalized spacial score (nSPS) is 11.7. The number of nitrogens with zero attached hydrogens (tertiary/aromatic N) is 1. The highest BCUT2D eigenvalue weighted by Gasteiger charge is 2.19. The van der Waals surface area contributed by atoms with Crippen molar-refractivity contribution in [3.05, 3.63) is 176 Å². The van der Waals surface area contributed by atoms with E-state index in [0.717, 1.165) is 39.0 Å². The SMILES string of the molecule is c1ccc(-c2ccc(N(c3ccc(-c4ccc5ccc6sc7ccccc7c6c5c4)cc3)c3cccc4oc5ccccc5c34)cc2)cc1. The first kappa shape index (κ1) is 27.9. The minimum Gasteiger partial charge on any atom is -0.456 e. The molecule has 49 heavy (non-hydrogen) atoms. The molecule has 3 heteroatoms. The minimum atomic E-state index is 0.879. The highest BCUT2D eigenvalue weighted by Crippen LogP contribution is 2.44. The Balaban J connectivity index is 1.11. The Hall–Kier alpha value is -6.16. The first-order valence-electron chi connectivity index (χ1n) is 16.6. The van der Waals surface area contributed by atoms with Crippen molar-refractivity contribution in [2.75, 3.05) is 4.90 Å². The Bertz CT molecular complexity index is 2810. The van der Waals surface area contributed by atoms with Crippen LogP contribution in [0.4, 0.5) is 17.1 Å². The second-order valence-corrected chi connectivity index (χ2v) is 13.6. The van der Waals surface area contributed by atoms with Gasteiger partial charge in [-0.05, 0) is 93.7 Å². The van der Waals surface area contributed by atoms with Gasteiger partial charge in [0.1, 0.15) is 11.2 Å². The second-order valence-electron chi connectivity index (χ2n) is 12.5. The lowest BCUT2D eigenvalue weighted by Gasteiger charge is -2.26. The fraction of sp³-hybridized carbons (Fsp3) is 0. The molecule has 10 rings (SSSR count). The van der Waals surface area contributed by atoms with Crippen LogP contribution in [0.3, 0.4) is 0 Å².